The van der Waals surface area contributed by atoms with Crippen LogP contribution in [0.3, 0.4) is 0 Å². The van der Waals surface area contributed by atoms with Crippen molar-refractivity contribution in [2.45, 2.75) is 6.54 Å². The molecule has 0 unspecified atom stereocenters. The zero-order chi connectivity index (χ0) is 11.7. The maximum absolute atomic E-state index is 5.86. The summed E-state index contributed by atoms with van der Waals surface area (Å²) in [7, 11) is 0. The number of halogens is 1. The molecule has 0 aliphatic carbocycles. The maximum Gasteiger partial charge on any atom is 0.108 e. The monoisotopic (exact) mass is 243 g/mol. The molecular weight excluding hydrogens is 234 g/mol. The maximum atomic E-state index is 5.86. The molecule has 1 aromatic carbocycles. The van der Waals surface area contributed by atoms with Gasteiger partial charge in [-0.3, -0.25) is 9.67 Å². The Kier molecular flexibility index (Phi) is 2.53. The van der Waals surface area contributed by atoms with E-state index in [1.807, 2.05) is 41.1 Å². The summed E-state index contributed by atoms with van der Waals surface area (Å²) in [4.78, 5) is 4.25. The summed E-state index contributed by atoms with van der Waals surface area (Å²) in [5, 5.41) is 5.08. The van der Waals surface area contributed by atoms with Crippen molar-refractivity contribution in [1.29, 1.82) is 0 Å². The molecule has 0 fully saturated rings. The largest absolute Gasteiger partial charge is 0.259 e. The molecule has 17 heavy (non-hydrogen) atoms. The van der Waals surface area contributed by atoms with Crippen LogP contribution < -0.4 is 0 Å². The Labute approximate surface area is 104 Å². The summed E-state index contributed by atoms with van der Waals surface area (Å²) in [6, 6.07) is 11.7. The quantitative estimate of drug-likeness (QED) is 0.692. The normalized spacial score (nSPS) is 10.9. The fourth-order valence-electron chi connectivity index (χ4n) is 1.80. The van der Waals surface area contributed by atoms with Crippen LogP contribution in [0, 0.1) is 0 Å². The highest BCUT2D eigenvalue weighted by Gasteiger charge is 2.03. The van der Waals surface area contributed by atoms with Crippen LogP contribution in [0.25, 0.3) is 11.0 Å². The Bertz CT molecular complexity index is 643. The Hall–Kier alpha value is -1.87. The Balaban J connectivity index is 1.97. The molecule has 0 N–H and O–H groups in total. The van der Waals surface area contributed by atoms with Crippen molar-refractivity contribution < 1.29 is 0 Å². The molecule has 3 rings (SSSR count). The minimum Gasteiger partial charge on any atom is -0.259 e. The van der Waals surface area contributed by atoms with Crippen LogP contribution in [0.1, 0.15) is 5.56 Å². The van der Waals surface area contributed by atoms with E-state index in [1.54, 1.807) is 12.4 Å². The predicted molar refractivity (Wildman–Crippen MR) is 68.1 cm³/mol. The van der Waals surface area contributed by atoms with E-state index >= 15 is 0 Å². The third-order valence-corrected chi connectivity index (χ3v) is 2.91. The molecule has 3 aromatic rings. The fraction of sp³-hybridized carbons (Fsp3) is 0.0769. The lowest BCUT2D eigenvalue weighted by molar-refractivity contribution is 0.712. The van der Waals surface area contributed by atoms with Crippen LogP contribution in [-0.4, -0.2) is 14.8 Å². The van der Waals surface area contributed by atoms with Gasteiger partial charge < -0.3 is 0 Å². The molecule has 3 nitrogen and oxygen atoms in total. The highest BCUT2D eigenvalue weighted by atomic mass is 35.5. The van der Waals surface area contributed by atoms with Crippen LogP contribution in [0.4, 0.5) is 0 Å². The van der Waals surface area contributed by atoms with Gasteiger partial charge in [-0.1, -0.05) is 23.7 Å². The second kappa shape index (κ2) is 4.18. The number of fused-ring (bicyclic) bond motifs is 1. The third-order valence-electron chi connectivity index (χ3n) is 2.66. The van der Waals surface area contributed by atoms with Gasteiger partial charge in [0.25, 0.3) is 0 Å². The number of nitrogens with zero attached hydrogens (tertiary/aromatic N) is 3. The van der Waals surface area contributed by atoms with Crippen LogP contribution in [0.15, 0.2) is 48.8 Å². The zero-order valence-corrected chi connectivity index (χ0v) is 9.80. The highest BCUT2D eigenvalue weighted by Crippen LogP contribution is 2.14. The van der Waals surface area contributed by atoms with Crippen LogP contribution >= 0.6 is 11.6 Å². The summed E-state index contributed by atoms with van der Waals surface area (Å²) in [6.07, 6.45) is 3.56. The van der Waals surface area contributed by atoms with Gasteiger partial charge in [0.2, 0.25) is 0 Å². The van der Waals surface area contributed by atoms with Gasteiger partial charge in [0.1, 0.15) is 5.52 Å². The van der Waals surface area contributed by atoms with Crippen LogP contribution in [0.5, 0.6) is 0 Å². The smallest absolute Gasteiger partial charge is 0.108 e. The first-order chi connectivity index (χ1) is 8.33. The van der Waals surface area contributed by atoms with Crippen LogP contribution in [0.2, 0.25) is 5.02 Å². The van der Waals surface area contributed by atoms with E-state index < -0.39 is 0 Å². The number of hydrogen-bond acceptors (Lipinski definition) is 2. The highest BCUT2D eigenvalue weighted by molar-refractivity contribution is 6.30. The van der Waals surface area contributed by atoms with E-state index in [2.05, 4.69) is 10.1 Å². The Morgan fingerprint density at radius 1 is 1.12 bits per heavy atom. The van der Waals surface area contributed by atoms with Gasteiger partial charge in [0.15, 0.2) is 0 Å². The molecule has 2 heterocycles. The number of aromatic nitrogens is 3. The molecule has 0 atom stereocenters. The lowest BCUT2D eigenvalue weighted by Crippen LogP contribution is -2.00. The van der Waals surface area contributed by atoms with Crippen LogP contribution in [-0.2, 0) is 6.54 Å². The van der Waals surface area contributed by atoms with E-state index in [1.165, 1.54) is 5.56 Å². The standard InChI is InChI=1S/C13H10ClN3/c14-11-5-3-10(4-6-11)9-17-13-2-1-7-15-12(13)8-16-17/h1-8H,9H2. The second-order valence-electron chi connectivity index (χ2n) is 3.84. The molecule has 0 aliphatic heterocycles. The minimum atomic E-state index is 0.729. The van der Waals surface area contributed by atoms with E-state index in [-0.39, 0.29) is 0 Å². The molecular formula is C13H10ClN3. The summed E-state index contributed by atoms with van der Waals surface area (Å²) >= 11 is 5.86. The zero-order valence-electron chi connectivity index (χ0n) is 9.05. The topological polar surface area (TPSA) is 30.7 Å². The lowest BCUT2D eigenvalue weighted by Gasteiger charge is -2.03. The first-order valence-electron chi connectivity index (χ1n) is 5.34. The molecule has 2 aromatic heterocycles. The predicted octanol–water partition coefficient (Wildman–Crippen LogP) is 3.13. The van der Waals surface area contributed by atoms with Crippen molar-refractivity contribution in [3.05, 3.63) is 59.4 Å². The van der Waals surface area contributed by atoms with Gasteiger partial charge in [0, 0.05) is 11.2 Å². The molecule has 0 aliphatic rings. The van der Waals surface area contributed by atoms with E-state index in [0.29, 0.717) is 0 Å². The minimum absolute atomic E-state index is 0.729. The van der Waals surface area contributed by atoms with Gasteiger partial charge in [-0.2, -0.15) is 5.10 Å². The van der Waals surface area contributed by atoms with Crippen molar-refractivity contribution in [1.82, 2.24) is 14.8 Å². The molecule has 0 spiro atoms. The summed E-state index contributed by atoms with van der Waals surface area (Å²) in [6.45, 7) is 0.729. The molecule has 0 amide bonds. The van der Waals surface area contributed by atoms with E-state index in [0.717, 1.165) is 22.6 Å². The molecule has 4 heteroatoms. The van der Waals surface area contributed by atoms with Gasteiger partial charge in [-0.05, 0) is 29.8 Å². The first-order valence-corrected chi connectivity index (χ1v) is 5.72. The SMILES string of the molecule is Clc1ccc(Cn2ncc3ncccc32)cc1. The average molecular weight is 244 g/mol. The van der Waals surface area contributed by atoms with Gasteiger partial charge in [-0.15, -0.1) is 0 Å². The van der Waals surface area contributed by atoms with E-state index in [9.17, 15) is 0 Å². The Morgan fingerprint density at radius 3 is 2.76 bits per heavy atom. The molecule has 0 bridgehead atoms. The van der Waals surface area contributed by atoms with Crippen molar-refractivity contribution >= 4 is 22.6 Å². The van der Waals surface area contributed by atoms with Crippen molar-refractivity contribution in [3.8, 4) is 0 Å². The number of rotatable bonds is 2. The van der Waals surface area contributed by atoms with Crippen molar-refractivity contribution in [2.75, 3.05) is 0 Å². The number of hydrogen-bond donors (Lipinski definition) is 0. The molecule has 0 saturated carbocycles. The first kappa shape index (κ1) is 10.3. The van der Waals surface area contributed by atoms with Gasteiger partial charge in [0.05, 0.1) is 18.3 Å². The molecule has 0 saturated heterocycles. The number of benzene rings is 1. The fourth-order valence-corrected chi connectivity index (χ4v) is 1.93. The summed E-state index contributed by atoms with van der Waals surface area (Å²) < 4.78 is 1.94. The van der Waals surface area contributed by atoms with Gasteiger partial charge >= 0.3 is 0 Å². The average Bonchev–Trinajstić information content (AvgIpc) is 2.76. The Morgan fingerprint density at radius 2 is 1.94 bits per heavy atom. The van der Waals surface area contributed by atoms with E-state index in [4.69, 9.17) is 11.6 Å². The second-order valence-corrected chi connectivity index (χ2v) is 4.27. The number of pyridine rings is 1. The molecule has 0 radical (unpaired) electrons. The van der Waals surface area contributed by atoms with Crippen molar-refractivity contribution in [3.63, 3.8) is 0 Å². The molecule has 84 valence electrons. The summed E-state index contributed by atoms with van der Waals surface area (Å²) in [5.74, 6) is 0. The van der Waals surface area contributed by atoms with Crippen molar-refractivity contribution in [2.24, 2.45) is 0 Å². The third kappa shape index (κ3) is 2.01. The van der Waals surface area contributed by atoms with Gasteiger partial charge in [-0.25, -0.2) is 0 Å². The summed E-state index contributed by atoms with van der Waals surface area (Å²) in [5.41, 5.74) is 3.13. The lowest BCUT2D eigenvalue weighted by atomic mass is 10.2.